The maximum Gasteiger partial charge on any atom is 0.326 e. The molecule has 360 valence electrons. The van der Waals surface area contributed by atoms with Crippen molar-refractivity contribution in [3.8, 4) is 22.5 Å². The van der Waals surface area contributed by atoms with Gasteiger partial charge in [0.05, 0.1) is 33.7 Å². The number of hydrogen-bond donors (Lipinski definition) is 5. The number of nitro groups is 2. The lowest BCUT2D eigenvalue weighted by atomic mass is 10.1. The molecule has 0 radical (unpaired) electrons. The van der Waals surface area contributed by atoms with Crippen molar-refractivity contribution in [1.82, 2.24) is 19.8 Å². The average molecular weight is 955 g/mol. The predicted molar refractivity (Wildman–Crippen MR) is 271 cm³/mol. The lowest BCUT2D eigenvalue weighted by Crippen LogP contribution is -2.43. The normalized spacial score (nSPS) is 15.0. The Balaban J connectivity index is 0.000000158. The number of nitrogens with zero attached hydrogens (tertiary/aromatic N) is 4. The molecule has 2 saturated heterocycles. The lowest BCUT2D eigenvalue weighted by Gasteiger charge is -2.24. The SMILES string of the molecule is Nc1ccc(-c2cc3ccc([N+](=O)[O-])cc3[nH]2)cc1.O=C(Nc1ccc(-c2cc3ccc([N+](=O)[O-])cc3[nH]2)cc1)[C@@H]1CCCN1C(=O)Cc1ccccc1.O=C(O)[C@@H]1CCCN1C(=O)Cc1ccccc1. The van der Waals surface area contributed by atoms with Crippen LogP contribution >= 0.6 is 0 Å². The maximum absolute atomic E-state index is 13.0. The van der Waals surface area contributed by atoms with Gasteiger partial charge in [-0.25, -0.2) is 4.79 Å². The van der Waals surface area contributed by atoms with Gasteiger partial charge in [0.1, 0.15) is 12.1 Å². The highest BCUT2D eigenvalue weighted by atomic mass is 16.6. The first-order chi connectivity index (χ1) is 34.3. The minimum Gasteiger partial charge on any atom is -0.480 e. The Hall–Kier alpha value is -9.12. The summed E-state index contributed by atoms with van der Waals surface area (Å²) in [6.07, 6.45) is 3.35. The second-order valence-electron chi connectivity index (χ2n) is 17.3. The Morgan fingerprint density at radius 3 is 1.48 bits per heavy atom. The van der Waals surface area contributed by atoms with E-state index in [9.17, 15) is 39.4 Å². The van der Waals surface area contributed by atoms with E-state index in [1.54, 1.807) is 17.0 Å². The number of hydrogen-bond acceptors (Lipinski definition) is 9. The predicted octanol–water partition coefficient (Wildman–Crippen LogP) is 9.55. The molecule has 0 aliphatic carbocycles. The zero-order valence-corrected chi connectivity index (χ0v) is 38.4. The first kappa shape index (κ1) is 48.3. The van der Waals surface area contributed by atoms with E-state index in [2.05, 4.69) is 15.3 Å². The van der Waals surface area contributed by atoms with E-state index in [-0.39, 0.29) is 41.9 Å². The third-order valence-electron chi connectivity index (χ3n) is 12.4. The van der Waals surface area contributed by atoms with E-state index in [0.717, 1.165) is 62.8 Å². The Bertz CT molecular complexity index is 3210. The van der Waals surface area contributed by atoms with Crippen LogP contribution < -0.4 is 11.1 Å². The van der Waals surface area contributed by atoms with Crippen LogP contribution in [0.3, 0.4) is 0 Å². The second kappa shape index (κ2) is 21.9. The second-order valence-corrected chi connectivity index (χ2v) is 17.3. The molecule has 0 bridgehead atoms. The van der Waals surface area contributed by atoms with Crippen LogP contribution in [0.5, 0.6) is 0 Å². The summed E-state index contributed by atoms with van der Waals surface area (Å²) in [5, 5.41) is 35.5. The fourth-order valence-corrected chi connectivity index (χ4v) is 8.79. The number of benzene rings is 6. The minimum atomic E-state index is -0.899. The number of carboxylic acids is 1. The summed E-state index contributed by atoms with van der Waals surface area (Å²) in [4.78, 5) is 79.3. The van der Waals surface area contributed by atoms with Gasteiger partial charge in [0, 0.05) is 70.9 Å². The van der Waals surface area contributed by atoms with Crippen LogP contribution in [-0.4, -0.2) is 83.6 Å². The first-order valence-electron chi connectivity index (χ1n) is 23.0. The van der Waals surface area contributed by atoms with Gasteiger partial charge in [-0.05, 0) is 96.5 Å². The molecule has 4 heterocycles. The molecular weight excluding hydrogens is 905 g/mol. The average Bonchev–Trinajstić information content (AvgIpc) is 4.22. The van der Waals surface area contributed by atoms with E-state index in [4.69, 9.17) is 10.8 Å². The van der Waals surface area contributed by atoms with Crippen LogP contribution in [0.1, 0.15) is 36.8 Å². The smallest absolute Gasteiger partial charge is 0.326 e. The molecule has 10 rings (SSSR count). The van der Waals surface area contributed by atoms with Gasteiger partial charge in [-0.3, -0.25) is 34.6 Å². The Morgan fingerprint density at radius 2 is 1.03 bits per heavy atom. The molecule has 0 spiro atoms. The summed E-state index contributed by atoms with van der Waals surface area (Å²) in [6.45, 7) is 1.14. The molecule has 2 aromatic heterocycles. The van der Waals surface area contributed by atoms with Crippen molar-refractivity contribution in [3.63, 3.8) is 0 Å². The molecule has 6 N–H and O–H groups in total. The summed E-state index contributed by atoms with van der Waals surface area (Å²) in [7, 11) is 0. The quantitative estimate of drug-likeness (QED) is 0.0466. The number of aromatic amines is 2. The van der Waals surface area contributed by atoms with Crippen LogP contribution in [0.15, 0.2) is 158 Å². The van der Waals surface area contributed by atoms with Gasteiger partial charge in [0.15, 0.2) is 0 Å². The van der Waals surface area contributed by atoms with Crippen LogP contribution in [-0.2, 0) is 32.0 Å². The zero-order valence-electron chi connectivity index (χ0n) is 38.4. The zero-order chi connectivity index (χ0) is 50.0. The Morgan fingerprint density at radius 1 is 0.592 bits per heavy atom. The Kier molecular flexibility index (Phi) is 14.9. The number of amides is 3. The number of carboxylic acid groups (broad SMARTS) is 1. The number of fused-ring (bicyclic) bond motifs is 2. The highest BCUT2D eigenvalue weighted by Gasteiger charge is 2.35. The Labute approximate surface area is 407 Å². The van der Waals surface area contributed by atoms with Crippen molar-refractivity contribution in [3.05, 3.63) is 189 Å². The summed E-state index contributed by atoms with van der Waals surface area (Å²) >= 11 is 0. The van der Waals surface area contributed by atoms with Crippen molar-refractivity contribution < 1.29 is 34.1 Å². The van der Waals surface area contributed by atoms with Gasteiger partial charge >= 0.3 is 5.97 Å². The molecule has 17 heteroatoms. The number of aliphatic carboxylic acids is 1. The van der Waals surface area contributed by atoms with E-state index < -0.39 is 27.9 Å². The number of H-pyrrole nitrogens is 2. The number of carbonyl (C=O) groups is 4. The molecule has 71 heavy (non-hydrogen) atoms. The molecule has 17 nitrogen and oxygen atoms in total. The summed E-state index contributed by atoms with van der Waals surface area (Å²) < 4.78 is 0. The van der Waals surface area contributed by atoms with Gasteiger partial charge in [-0.2, -0.15) is 0 Å². The molecule has 6 aromatic carbocycles. The van der Waals surface area contributed by atoms with Crippen molar-refractivity contribution in [2.45, 2.75) is 50.6 Å². The number of rotatable bonds is 11. The summed E-state index contributed by atoms with van der Waals surface area (Å²) in [6, 6.07) is 46.1. The van der Waals surface area contributed by atoms with Gasteiger partial charge in [0.2, 0.25) is 17.7 Å². The van der Waals surface area contributed by atoms with E-state index in [1.807, 2.05) is 121 Å². The van der Waals surface area contributed by atoms with Gasteiger partial charge in [-0.15, -0.1) is 0 Å². The standard InChI is InChI=1S/C27H24N4O4.C14H11N3O2.C13H15NO3/c32-26(15-18-5-2-1-3-6-18)30-14-4-7-25(30)27(33)28-21-11-8-19(9-12-21)23-16-20-10-13-22(31(34)35)17-24(20)29-23;15-11-4-1-9(2-5-11)13-7-10-3-6-12(17(18)19)8-14(10)16-13;15-12(9-10-5-2-1-3-6-10)14-8-4-7-11(14)13(16)17/h1-3,5-6,8-13,16-17,25,29H,4,7,14-15H2,(H,28,33);1-8,16H,15H2;1-3,5-6,11H,4,7-9H2,(H,16,17)/t25-;;11-/m0.0/s1. The molecule has 8 aromatic rings. The van der Waals surface area contributed by atoms with Crippen molar-refractivity contribution in [2.24, 2.45) is 0 Å². The fraction of sp³-hybridized carbons (Fsp3) is 0.185. The molecule has 2 aliphatic rings. The molecule has 2 aliphatic heterocycles. The van der Waals surface area contributed by atoms with Crippen LogP contribution in [0, 0.1) is 20.2 Å². The van der Waals surface area contributed by atoms with Gasteiger partial charge < -0.3 is 35.9 Å². The number of non-ortho nitro benzene ring substituents is 2. The third-order valence-corrected chi connectivity index (χ3v) is 12.4. The minimum absolute atomic E-state index is 0.0344. The lowest BCUT2D eigenvalue weighted by molar-refractivity contribution is -0.384. The third kappa shape index (κ3) is 12.0. The van der Waals surface area contributed by atoms with Crippen LogP contribution in [0.4, 0.5) is 22.7 Å². The largest absolute Gasteiger partial charge is 0.480 e. The molecule has 2 fully saturated rings. The summed E-state index contributed by atoms with van der Waals surface area (Å²) in [5.41, 5.74) is 14.0. The van der Waals surface area contributed by atoms with Crippen molar-refractivity contribution >= 4 is 68.2 Å². The number of nitrogens with one attached hydrogen (secondary N) is 3. The van der Waals surface area contributed by atoms with E-state index in [1.165, 1.54) is 29.2 Å². The molecule has 2 atom stereocenters. The number of nitro benzene ring substituents is 2. The number of carbonyl (C=O) groups excluding carboxylic acids is 3. The maximum atomic E-state index is 13.0. The van der Waals surface area contributed by atoms with Crippen LogP contribution in [0.25, 0.3) is 44.3 Å². The van der Waals surface area contributed by atoms with Crippen molar-refractivity contribution in [2.75, 3.05) is 24.1 Å². The molecule has 0 saturated carbocycles. The number of likely N-dealkylation sites (tertiary alicyclic amines) is 2. The van der Waals surface area contributed by atoms with E-state index >= 15 is 0 Å². The molecule has 3 amide bonds. The highest BCUT2D eigenvalue weighted by molar-refractivity contribution is 5.98. The molecular formula is C54H50N8O9. The number of nitrogens with two attached hydrogens (primary N) is 1. The number of aromatic nitrogens is 2. The van der Waals surface area contributed by atoms with E-state index in [0.29, 0.717) is 42.8 Å². The van der Waals surface area contributed by atoms with Crippen LogP contribution in [0.2, 0.25) is 0 Å². The first-order valence-corrected chi connectivity index (χ1v) is 23.0. The molecule has 0 unspecified atom stereocenters. The monoisotopic (exact) mass is 954 g/mol. The fourth-order valence-electron chi connectivity index (χ4n) is 8.79. The van der Waals surface area contributed by atoms with Crippen molar-refractivity contribution in [1.29, 1.82) is 0 Å². The number of anilines is 2. The highest BCUT2D eigenvalue weighted by Crippen LogP contribution is 2.30. The number of nitrogen functional groups attached to an aromatic ring is 1. The topological polar surface area (TPSA) is 251 Å². The summed E-state index contributed by atoms with van der Waals surface area (Å²) in [5.74, 6) is -1.22. The van der Waals surface area contributed by atoms with Gasteiger partial charge in [-0.1, -0.05) is 84.9 Å². The van der Waals surface area contributed by atoms with Gasteiger partial charge in [0.25, 0.3) is 11.4 Å².